The van der Waals surface area contributed by atoms with Crippen LogP contribution in [0.3, 0.4) is 0 Å². The lowest BCUT2D eigenvalue weighted by molar-refractivity contribution is -0.139. The third kappa shape index (κ3) is 5.58. The molecule has 0 heterocycles. The number of aliphatic carboxylic acids is 1. The molecule has 1 aliphatic rings. The first-order valence-electron chi connectivity index (χ1n) is 8.19. The molecule has 0 aromatic heterocycles. The molecule has 0 aliphatic heterocycles. The van der Waals surface area contributed by atoms with Crippen LogP contribution in [0.2, 0.25) is 0 Å². The van der Waals surface area contributed by atoms with Gasteiger partial charge in [0.05, 0.1) is 0 Å². The van der Waals surface area contributed by atoms with Crippen molar-refractivity contribution in [1.82, 2.24) is 0 Å². The number of nitrogens with one attached hydrogen (secondary N) is 1. The van der Waals surface area contributed by atoms with Gasteiger partial charge in [0.2, 0.25) is 5.91 Å². The molecule has 1 amide bonds. The second-order valence-electron chi connectivity index (χ2n) is 6.55. The van der Waals surface area contributed by atoms with Crippen LogP contribution in [0.5, 0.6) is 5.75 Å². The molecule has 5 heteroatoms. The number of benzene rings is 1. The summed E-state index contributed by atoms with van der Waals surface area (Å²) in [6.45, 7) is 3.75. The number of ether oxygens (including phenoxy) is 1. The van der Waals surface area contributed by atoms with Crippen molar-refractivity contribution < 1.29 is 19.4 Å². The Bertz CT molecular complexity index is 570. The molecule has 126 valence electrons. The second-order valence-corrected chi connectivity index (χ2v) is 6.55. The average Bonchev–Trinajstić information content (AvgIpc) is 2.47. The maximum Gasteiger partial charge on any atom is 0.341 e. The van der Waals surface area contributed by atoms with Crippen LogP contribution in [0.4, 0.5) is 5.69 Å². The maximum atomic E-state index is 12.2. The molecule has 0 spiro atoms. The highest BCUT2D eigenvalue weighted by atomic mass is 16.5. The molecular formula is C18H25NO4. The first-order valence-corrected chi connectivity index (χ1v) is 8.19. The number of rotatable bonds is 6. The highest BCUT2D eigenvalue weighted by Crippen LogP contribution is 2.31. The lowest BCUT2D eigenvalue weighted by Crippen LogP contribution is -2.21. The number of anilines is 1. The summed E-state index contributed by atoms with van der Waals surface area (Å²) in [6.07, 6.45) is 5.33. The third-order valence-corrected chi connectivity index (χ3v) is 4.35. The van der Waals surface area contributed by atoms with Gasteiger partial charge in [-0.15, -0.1) is 0 Å². The van der Waals surface area contributed by atoms with Gasteiger partial charge >= 0.3 is 5.97 Å². The predicted molar refractivity (Wildman–Crippen MR) is 88.7 cm³/mol. The van der Waals surface area contributed by atoms with Crippen LogP contribution in [0, 0.1) is 18.8 Å². The first kappa shape index (κ1) is 17.3. The van der Waals surface area contributed by atoms with Crippen LogP contribution in [0.1, 0.15) is 44.6 Å². The van der Waals surface area contributed by atoms with Crippen molar-refractivity contribution >= 4 is 17.6 Å². The van der Waals surface area contributed by atoms with Crippen LogP contribution in [0.25, 0.3) is 0 Å². The third-order valence-electron chi connectivity index (χ3n) is 4.35. The highest BCUT2D eigenvalue weighted by Gasteiger charge is 2.21. The number of hydrogen-bond donors (Lipinski definition) is 2. The Morgan fingerprint density at radius 2 is 2.13 bits per heavy atom. The number of carboxylic acids is 1. The van der Waals surface area contributed by atoms with E-state index in [-0.39, 0.29) is 12.5 Å². The van der Waals surface area contributed by atoms with Crippen molar-refractivity contribution in [3.05, 3.63) is 23.8 Å². The molecule has 2 atom stereocenters. The minimum absolute atomic E-state index is 0.0476. The first-order chi connectivity index (χ1) is 10.9. The zero-order chi connectivity index (χ0) is 16.8. The average molecular weight is 319 g/mol. The summed E-state index contributed by atoms with van der Waals surface area (Å²) in [5, 5.41) is 11.6. The summed E-state index contributed by atoms with van der Waals surface area (Å²) >= 11 is 0. The number of carboxylic acid groups (broad SMARTS) is 1. The largest absolute Gasteiger partial charge is 0.482 e. The van der Waals surface area contributed by atoms with Crippen molar-refractivity contribution in [1.29, 1.82) is 0 Å². The van der Waals surface area contributed by atoms with E-state index >= 15 is 0 Å². The predicted octanol–water partition coefficient (Wildman–Crippen LogP) is 3.61. The van der Waals surface area contributed by atoms with E-state index in [1.807, 2.05) is 6.92 Å². The van der Waals surface area contributed by atoms with Gasteiger partial charge in [-0.05, 0) is 55.4 Å². The van der Waals surface area contributed by atoms with Crippen molar-refractivity contribution in [2.24, 2.45) is 11.8 Å². The van der Waals surface area contributed by atoms with Crippen LogP contribution in [-0.2, 0) is 9.59 Å². The van der Waals surface area contributed by atoms with E-state index in [1.54, 1.807) is 18.2 Å². The van der Waals surface area contributed by atoms with Gasteiger partial charge in [0, 0.05) is 12.1 Å². The van der Waals surface area contributed by atoms with Gasteiger partial charge in [-0.1, -0.05) is 19.8 Å². The lowest BCUT2D eigenvalue weighted by atomic mass is 9.81. The molecule has 1 saturated carbocycles. The van der Waals surface area contributed by atoms with E-state index in [2.05, 4.69) is 12.2 Å². The Morgan fingerprint density at radius 3 is 2.78 bits per heavy atom. The van der Waals surface area contributed by atoms with E-state index in [1.165, 1.54) is 12.8 Å². The van der Waals surface area contributed by atoms with Crippen LogP contribution >= 0.6 is 0 Å². The minimum atomic E-state index is -1.01. The van der Waals surface area contributed by atoms with Gasteiger partial charge in [-0.3, -0.25) is 4.79 Å². The fraction of sp³-hybridized carbons (Fsp3) is 0.556. The Morgan fingerprint density at radius 1 is 1.35 bits per heavy atom. The quantitative estimate of drug-likeness (QED) is 0.840. The van der Waals surface area contributed by atoms with Gasteiger partial charge < -0.3 is 15.2 Å². The molecule has 0 saturated heterocycles. The van der Waals surface area contributed by atoms with Crippen molar-refractivity contribution in [3.63, 3.8) is 0 Å². The Kier molecular flexibility index (Phi) is 6.02. The SMILES string of the molecule is Cc1cc(OCC(=O)O)ccc1NC(=O)CC1CCCC(C)C1. The van der Waals surface area contributed by atoms with Gasteiger partial charge in [0.15, 0.2) is 6.61 Å². The van der Waals surface area contributed by atoms with Gasteiger partial charge in [0.25, 0.3) is 0 Å². The normalized spacial score (nSPS) is 20.8. The number of carbonyl (C=O) groups excluding carboxylic acids is 1. The highest BCUT2D eigenvalue weighted by molar-refractivity contribution is 5.91. The summed E-state index contributed by atoms with van der Waals surface area (Å²) in [4.78, 5) is 22.7. The fourth-order valence-corrected chi connectivity index (χ4v) is 3.22. The minimum Gasteiger partial charge on any atom is -0.482 e. The molecule has 0 bridgehead atoms. The summed E-state index contributed by atoms with van der Waals surface area (Å²) < 4.78 is 5.13. The summed E-state index contributed by atoms with van der Waals surface area (Å²) in [5.74, 6) is 0.725. The molecule has 1 fully saturated rings. The standard InChI is InChI=1S/C18H25NO4/c1-12-4-3-5-14(8-12)10-17(20)19-16-7-6-15(9-13(16)2)23-11-18(21)22/h6-7,9,12,14H,3-5,8,10-11H2,1-2H3,(H,19,20)(H,21,22). The molecule has 1 aromatic rings. The monoisotopic (exact) mass is 319 g/mol. The van der Waals surface area contributed by atoms with Gasteiger partial charge in [-0.2, -0.15) is 0 Å². The number of hydrogen-bond acceptors (Lipinski definition) is 3. The molecular weight excluding hydrogens is 294 g/mol. The fourth-order valence-electron chi connectivity index (χ4n) is 3.22. The van der Waals surface area contributed by atoms with E-state index in [4.69, 9.17) is 9.84 Å². The maximum absolute atomic E-state index is 12.2. The Balaban J connectivity index is 1.89. The van der Waals surface area contributed by atoms with E-state index in [9.17, 15) is 9.59 Å². The summed E-state index contributed by atoms with van der Waals surface area (Å²) in [7, 11) is 0. The molecule has 0 radical (unpaired) electrons. The van der Waals surface area contributed by atoms with E-state index < -0.39 is 5.97 Å². The Hall–Kier alpha value is -2.04. The smallest absolute Gasteiger partial charge is 0.341 e. The topological polar surface area (TPSA) is 75.6 Å². The molecule has 2 unspecified atom stereocenters. The van der Waals surface area contributed by atoms with Crippen molar-refractivity contribution in [2.45, 2.75) is 46.0 Å². The molecule has 2 rings (SSSR count). The number of amides is 1. The summed E-state index contributed by atoms with van der Waals surface area (Å²) in [5.41, 5.74) is 1.61. The molecule has 1 aromatic carbocycles. The second kappa shape index (κ2) is 7.99. The van der Waals surface area contributed by atoms with Crippen LogP contribution < -0.4 is 10.1 Å². The lowest BCUT2D eigenvalue weighted by Gasteiger charge is -2.26. The van der Waals surface area contributed by atoms with Gasteiger partial charge in [0.1, 0.15) is 5.75 Å². The van der Waals surface area contributed by atoms with Crippen LogP contribution in [-0.4, -0.2) is 23.6 Å². The van der Waals surface area contributed by atoms with Crippen molar-refractivity contribution in [2.75, 3.05) is 11.9 Å². The summed E-state index contributed by atoms with van der Waals surface area (Å²) in [6, 6.07) is 5.17. The molecule has 1 aliphatic carbocycles. The molecule has 23 heavy (non-hydrogen) atoms. The number of carbonyl (C=O) groups is 2. The Labute approximate surface area is 137 Å². The van der Waals surface area contributed by atoms with Crippen molar-refractivity contribution in [3.8, 4) is 5.75 Å². The van der Waals surface area contributed by atoms with E-state index in [0.29, 0.717) is 24.0 Å². The zero-order valence-corrected chi connectivity index (χ0v) is 13.8. The van der Waals surface area contributed by atoms with E-state index in [0.717, 1.165) is 24.1 Å². The van der Waals surface area contributed by atoms with Gasteiger partial charge in [-0.25, -0.2) is 4.79 Å². The molecule has 2 N–H and O–H groups in total. The molecule has 5 nitrogen and oxygen atoms in total. The number of aryl methyl sites for hydroxylation is 1. The van der Waals surface area contributed by atoms with Crippen LogP contribution in [0.15, 0.2) is 18.2 Å². The zero-order valence-electron chi connectivity index (χ0n) is 13.8.